The maximum absolute atomic E-state index is 12.3. The molecule has 0 aromatic carbocycles. The standard InChI is InChI=1S/C31H52O5/c1-6-8-9-10-24-13-17-27(18-14-24)28-19-15-25(16-20-28)11-12-26(21-35-29(32)7-2)22-36-30(33)23(3)31(4,5)34/h7,24-28,34H,2-3,6,8-22H2,1,4-5H3. The van der Waals surface area contributed by atoms with Crippen LogP contribution in [0.3, 0.4) is 0 Å². The van der Waals surface area contributed by atoms with Crippen LogP contribution in [-0.4, -0.2) is 35.9 Å². The molecule has 0 saturated heterocycles. The van der Waals surface area contributed by atoms with Gasteiger partial charge in [-0.2, -0.15) is 0 Å². The average molecular weight is 505 g/mol. The topological polar surface area (TPSA) is 72.8 Å². The molecule has 2 rings (SSSR count). The van der Waals surface area contributed by atoms with E-state index in [9.17, 15) is 14.7 Å². The fourth-order valence-corrected chi connectivity index (χ4v) is 6.06. The third-order valence-electron chi connectivity index (χ3n) is 8.71. The summed E-state index contributed by atoms with van der Waals surface area (Å²) < 4.78 is 10.7. The number of rotatable bonds is 15. The summed E-state index contributed by atoms with van der Waals surface area (Å²) in [6.07, 6.45) is 19.6. The van der Waals surface area contributed by atoms with E-state index in [2.05, 4.69) is 20.1 Å². The first-order valence-corrected chi connectivity index (χ1v) is 14.5. The highest BCUT2D eigenvalue weighted by Crippen LogP contribution is 2.43. The highest BCUT2D eigenvalue weighted by molar-refractivity contribution is 5.89. The Morgan fingerprint density at radius 3 is 1.94 bits per heavy atom. The molecule has 36 heavy (non-hydrogen) atoms. The van der Waals surface area contributed by atoms with Crippen molar-refractivity contribution in [3.8, 4) is 0 Å². The third kappa shape index (κ3) is 10.8. The summed E-state index contributed by atoms with van der Waals surface area (Å²) in [7, 11) is 0. The molecule has 0 bridgehead atoms. The molecule has 2 aliphatic rings. The second-order valence-corrected chi connectivity index (χ2v) is 12.0. The van der Waals surface area contributed by atoms with E-state index in [0.29, 0.717) is 5.92 Å². The van der Waals surface area contributed by atoms with Crippen molar-refractivity contribution < 1.29 is 24.2 Å². The van der Waals surface area contributed by atoms with Gasteiger partial charge >= 0.3 is 11.9 Å². The van der Waals surface area contributed by atoms with Crippen molar-refractivity contribution in [1.29, 1.82) is 0 Å². The summed E-state index contributed by atoms with van der Waals surface area (Å²) >= 11 is 0. The lowest BCUT2D eigenvalue weighted by atomic mass is 9.68. The lowest BCUT2D eigenvalue weighted by Crippen LogP contribution is -2.30. The van der Waals surface area contributed by atoms with Crippen molar-refractivity contribution in [3.63, 3.8) is 0 Å². The molecule has 5 heteroatoms. The number of ether oxygens (including phenoxy) is 2. The summed E-state index contributed by atoms with van der Waals surface area (Å²) in [6.45, 7) is 12.8. The van der Waals surface area contributed by atoms with Crippen LogP contribution in [0.2, 0.25) is 0 Å². The van der Waals surface area contributed by atoms with Gasteiger partial charge in [-0.3, -0.25) is 0 Å². The van der Waals surface area contributed by atoms with E-state index in [-0.39, 0.29) is 24.7 Å². The van der Waals surface area contributed by atoms with E-state index in [0.717, 1.165) is 36.7 Å². The molecule has 0 aromatic rings. The lowest BCUT2D eigenvalue weighted by Gasteiger charge is -2.38. The SMILES string of the molecule is C=CC(=O)OCC(CCC1CCC(C2CCC(CCCCC)CC2)CC1)COC(=O)C(=C)C(C)(C)O. The zero-order valence-corrected chi connectivity index (χ0v) is 23.3. The van der Waals surface area contributed by atoms with Gasteiger partial charge in [-0.25, -0.2) is 9.59 Å². The van der Waals surface area contributed by atoms with E-state index in [1.807, 2.05) is 0 Å². The van der Waals surface area contributed by atoms with Crippen molar-refractivity contribution in [1.82, 2.24) is 0 Å². The molecule has 0 aliphatic heterocycles. The largest absolute Gasteiger partial charge is 0.462 e. The molecule has 2 aliphatic carbocycles. The van der Waals surface area contributed by atoms with Gasteiger partial charge < -0.3 is 14.6 Å². The molecule has 1 N–H and O–H groups in total. The summed E-state index contributed by atoms with van der Waals surface area (Å²) in [5.41, 5.74) is -1.30. The minimum Gasteiger partial charge on any atom is -0.462 e. The number of carbonyl (C=O) groups is 2. The normalized spacial score (nSPS) is 25.6. The second-order valence-electron chi connectivity index (χ2n) is 12.0. The summed E-state index contributed by atoms with van der Waals surface area (Å²) in [5.74, 6) is 2.35. The minimum absolute atomic E-state index is 0.0256. The Kier molecular flexibility index (Phi) is 13.3. The van der Waals surface area contributed by atoms with E-state index >= 15 is 0 Å². The Hall–Kier alpha value is -1.62. The molecule has 0 heterocycles. The van der Waals surface area contributed by atoms with Gasteiger partial charge in [0.15, 0.2) is 0 Å². The highest BCUT2D eigenvalue weighted by atomic mass is 16.5. The fraction of sp³-hybridized carbons (Fsp3) is 0.806. The monoisotopic (exact) mass is 504 g/mol. The van der Waals surface area contributed by atoms with Crippen molar-refractivity contribution in [2.45, 2.75) is 116 Å². The Morgan fingerprint density at radius 1 is 0.917 bits per heavy atom. The second kappa shape index (κ2) is 15.6. The van der Waals surface area contributed by atoms with Gasteiger partial charge in [-0.05, 0) is 76.0 Å². The van der Waals surface area contributed by atoms with Crippen LogP contribution in [-0.2, 0) is 19.1 Å². The van der Waals surface area contributed by atoms with Gasteiger partial charge in [0.2, 0.25) is 0 Å². The summed E-state index contributed by atoms with van der Waals surface area (Å²) in [6, 6.07) is 0. The van der Waals surface area contributed by atoms with Crippen LogP contribution in [0.1, 0.15) is 111 Å². The van der Waals surface area contributed by atoms with Gasteiger partial charge in [0, 0.05) is 12.0 Å². The third-order valence-corrected chi connectivity index (χ3v) is 8.71. The molecule has 2 saturated carbocycles. The average Bonchev–Trinajstić information content (AvgIpc) is 2.87. The Balaban J connectivity index is 1.74. The molecule has 0 radical (unpaired) electrons. The molecular weight excluding hydrogens is 452 g/mol. The van der Waals surface area contributed by atoms with E-state index in [1.165, 1.54) is 90.9 Å². The summed E-state index contributed by atoms with van der Waals surface area (Å²) in [5, 5.41) is 9.99. The zero-order valence-electron chi connectivity index (χ0n) is 23.3. The molecule has 2 fully saturated rings. The van der Waals surface area contributed by atoms with E-state index < -0.39 is 17.5 Å². The molecule has 206 valence electrons. The Bertz CT molecular complexity index is 690. The zero-order chi connectivity index (χ0) is 26.6. The predicted molar refractivity (Wildman–Crippen MR) is 145 cm³/mol. The van der Waals surface area contributed by atoms with Crippen LogP contribution in [0.25, 0.3) is 0 Å². The number of hydrogen-bond donors (Lipinski definition) is 1. The van der Waals surface area contributed by atoms with Crippen molar-refractivity contribution in [2.75, 3.05) is 13.2 Å². The van der Waals surface area contributed by atoms with Gasteiger partial charge in [-0.1, -0.05) is 71.4 Å². The highest BCUT2D eigenvalue weighted by Gasteiger charge is 2.31. The number of esters is 2. The van der Waals surface area contributed by atoms with Crippen LogP contribution < -0.4 is 0 Å². The van der Waals surface area contributed by atoms with Crippen molar-refractivity contribution in [3.05, 3.63) is 24.8 Å². The van der Waals surface area contributed by atoms with Crippen LogP contribution in [0.5, 0.6) is 0 Å². The van der Waals surface area contributed by atoms with Gasteiger partial charge in [-0.15, -0.1) is 0 Å². The molecular formula is C31H52O5. The molecule has 5 nitrogen and oxygen atoms in total. The number of hydrogen-bond acceptors (Lipinski definition) is 5. The first-order chi connectivity index (χ1) is 17.1. The minimum atomic E-state index is -1.32. The van der Waals surface area contributed by atoms with Crippen LogP contribution in [0.4, 0.5) is 0 Å². The molecule has 0 aromatic heterocycles. The maximum atomic E-state index is 12.3. The number of aliphatic hydroxyl groups is 1. The molecule has 1 atom stereocenters. The van der Waals surface area contributed by atoms with Gasteiger partial charge in [0.25, 0.3) is 0 Å². The van der Waals surface area contributed by atoms with Crippen LogP contribution in [0.15, 0.2) is 24.8 Å². The maximum Gasteiger partial charge on any atom is 0.336 e. The number of carbonyl (C=O) groups excluding carboxylic acids is 2. The summed E-state index contributed by atoms with van der Waals surface area (Å²) in [4.78, 5) is 23.8. The van der Waals surface area contributed by atoms with E-state index in [4.69, 9.17) is 9.47 Å². The lowest BCUT2D eigenvalue weighted by molar-refractivity contribution is -0.145. The molecule has 0 amide bonds. The van der Waals surface area contributed by atoms with E-state index in [1.54, 1.807) is 0 Å². The predicted octanol–water partition coefficient (Wildman–Crippen LogP) is 7.18. The van der Waals surface area contributed by atoms with Gasteiger partial charge in [0.1, 0.15) is 0 Å². The first kappa shape index (κ1) is 30.6. The first-order valence-electron chi connectivity index (χ1n) is 14.5. The Labute approximate surface area is 220 Å². The van der Waals surface area contributed by atoms with Crippen LogP contribution >= 0.6 is 0 Å². The fourth-order valence-electron chi connectivity index (χ4n) is 6.06. The smallest absolute Gasteiger partial charge is 0.336 e. The van der Waals surface area contributed by atoms with Gasteiger partial charge in [0.05, 0.1) is 24.4 Å². The molecule has 0 spiro atoms. The van der Waals surface area contributed by atoms with Crippen molar-refractivity contribution in [2.24, 2.45) is 29.6 Å². The molecule has 1 unspecified atom stereocenters. The number of unbranched alkanes of at least 4 members (excludes halogenated alkanes) is 2. The Morgan fingerprint density at radius 2 is 1.44 bits per heavy atom. The van der Waals surface area contributed by atoms with Crippen LogP contribution in [0, 0.1) is 29.6 Å². The van der Waals surface area contributed by atoms with Crippen molar-refractivity contribution >= 4 is 11.9 Å². The quantitative estimate of drug-likeness (QED) is 0.145.